The lowest BCUT2D eigenvalue weighted by molar-refractivity contribution is -0.143. The maximum Gasteiger partial charge on any atom is 0.326 e. The van der Waals surface area contributed by atoms with Crippen LogP contribution in [0.15, 0.2) is 0 Å². The van der Waals surface area contributed by atoms with Crippen molar-refractivity contribution >= 4 is 17.8 Å². The number of aliphatic hydroxyl groups is 1. The van der Waals surface area contributed by atoms with Gasteiger partial charge in [0.1, 0.15) is 18.1 Å². The monoisotopic (exact) mass is 289 g/mol. The van der Waals surface area contributed by atoms with Gasteiger partial charge in [-0.1, -0.05) is 13.8 Å². The minimum atomic E-state index is -1.15. The Morgan fingerprint density at radius 1 is 1.00 bits per heavy atom. The molecule has 8 nitrogen and oxygen atoms in total. The van der Waals surface area contributed by atoms with Gasteiger partial charge in [0, 0.05) is 0 Å². The van der Waals surface area contributed by atoms with Crippen LogP contribution in [-0.2, 0) is 14.4 Å². The summed E-state index contributed by atoms with van der Waals surface area (Å²) in [4.78, 5) is 34.3. The number of nitrogens with two attached hydrogens (primary N) is 1. The van der Waals surface area contributed by atoms with Gasteiger partial charge in [0.05, 0.1) is 6.10 Å². The quantitative estimate of drug-likeness (QED) is 0.383. The van der Waals surface area contributed by atoms with Crippen LogP contribution in [0.2, 0.25) is 0 Å². The highest BCUT2D eigenvalue weighted by atomic mass is 16.4. The molecule has 0 aromatic rings. The van der Waals surface area contributed by atoms with Crippen molar-refractivity contribution in [3.05, 3.63) is 0 Å². The van der Waals surface area contributed by atoms with Crippen molar-refractivity contribution in [3.63, 3.8) is 0 Å². The number of carbonyl (C=O) groups is 3. The first-order valence-corrected chi connectivity index (χ1v) is 6.35. The van der Waals surface area contributed by atoms with E-state index in [1.54, 1.807) is 13.8 Å². The average Bonchev–Trinajstić information content (AvgIpc) is 2.33. The molecule has 0 aliphatic carbocycles. The molecule has 8 heteroatoms. The molecule has 0 radical (unpaired) electrons. The number of hydrogen-bond acceptors (Lipinski definition) is 5. The molecule has 2 amide bonds. The van der Waals surface area contributed by atoms with E-state index in [0.29, 0.717) is 0 Å². The number of aliphatic hydroxyl groups excluding tert-OH is 1. The van der Waals surface area contributed by atoms with Crippen LogP contribution in [0, 0.1) is 5.92 Å². The summed E-state index contributed by atoms with van der Waals surface area (Å²) >= 11 is 0. The zero-order valence-corrected chi connectivity index (χ0v) is 12.1. The van der Waals surface area contributed by atoms with E-state index < -0.39 is 42.0 Å². The Kier molecular flexibility index (Phi) is 7.16. The number of hydrogen-bond donors (Lipinski definition) is 5. The largest absolute Gasteiger partial charge is 0.480 e. The lowest BCUT2D eigenvalue weighted by Crippen LogP contribution is -2.56. The molecule has 0 spiro atoms. The Morgan fingerprint density at radius 2 is 1.50 bits per heavy atom. The second-order valence-corrected chi connectivity index (χ2v) is 5.07. The number of carboxylic acids is 1. The molecule has 0 fully saturated rings. The van der Waals surface area contributed by atoms with Crippen molar-refractivity contribution < 1.29 is 24.6 Å². The van der Waals surface area contributed by atoms with Crippen molar-refractivity contribution in [2.75, 3.05) is 0 Å². The Hall–Kier alpha value is -1.67. The van der Waals surface area contributed by atoms with Crippen LogP contribution in [0.5, 0.6) is 0 Å². The minimum absolute atomic E-state index is 0.293. The molecule has 0 saturated carbocycles. The molecule has 0 saturated heterocycles. The fraction of sp³-hybridized carbons (Fsp3) is 0.750. The Morgan fingerprint density at radius 3 is 1.85 bits per heavy atom. The van der Waals surface area contributed by atoms with E-state index in [1.807, 2.05) is 0 Å². The second kappa shape index (κ2) is 7.81. The van der Waals surface area contributed by atoms with E-state index in [9.17, 15) is 14.4 Å². The van der Waals surface area contributed by atoms with E-state index in [4.69, 9.17) is 15.9 Å². The highest BCUT2D eigenvalue weighted by Crippen LogP contribution is 2.02. The summed E-state index contributed by atoms with van der Waals surface area (Å²) in [5.74, 6) is -2.75. The van der Waals surface area contributed by atoms with Crippen LogP contribution >= 0.6 is 0 Å². The highest BCUT2D eigenvalue weighted by Gasteiger charge is 2.27. The smallest absolute Gasteiger partial charge is 0.326 e. The first kappa shape index (κ1) is 18.3. The molecule has 4 atom stereocenters. The van der Waals surface area contributed by atoms with Crippen molar-refractivity contribution in [3.8, 4) is 0 Å². The molecule has 4 unspecified atom stereocenters. The molecule has 116 valence electrons. The summed E-state index contributed by atoms with van der Waals surface area (Å²) in [5, 5.41) is 22.8. The zero-order chi connectivity index (χ0) is 16.0. The van der Waals surface area contributed by atoms with Crippen LogP contribution in [0.4, 0.5) is 0 Å². The topological polar surface area (TPSA) is 142 Å². The molecule has 20 heavy (non-hydrogen) atoms. The average molecular weight is 289 g/mol. The highest BCUT2D eigenvalue weighted by molar-refractivity contribution is 5.91. The Balaban J connectivity index is 4.56. The van der Waals surface area contributed by atoms with Crippen molar-refractivity contribution in [2.24, 2.45) is 11.7 Å². The molecular weight excluding hydrogens is 266 g/mol. The summed E-state index contributed by atoms with van der Waals surface area (Å²) in [7, 11) is 0. The van der Waals surface area contributed by atoms with Gasteiger partial charge in [-0.25, -0.2) is 4.79 Å². The van der Waals surface area contributed by atoms with E-state index in [2.05, 4.69) is 10.6 Å². The normalized spacial score (nSPS) is 16.9. The maximum absolute atomic E-state index is 11.8. The fourth-order valence-electron chi connectivity index (χ4n) is 1.39. The number of aliphatic carboxylic acids is 1. The molecule has 0 aliphatic heterocycles. The van der Waals surface area contributed by atoms with E-state index >= 15 is 0 Å². The molecule has 0 rings (SSSR count). The van der Waals surface area contributed by atoms with Crippen molar-refractivity contribution in [1.29, 1.82) is 0 Å². The lowest BCUT2D eigenvalue weighted by atomic mass is 10.0. The third-order valence-corrected chi connectivity index (χ3v) is 2.80. The molecule has 6 N–H and O–H groups in total. The van der Waals surface area contributed by atoms with Gasteiger partial charge in [0.2, 0.25) is 11.8 Å². The third-order valence-electron chi connectivity index (χ3n) is 2.80. The third kappa shape index (κ3) is 5.54. The van der Waals surface area contributed by atoms with Gasteiger partial charge in [-0.2, -0.15) is 0 Å². The van der Waals surface area contributed by atoms with Crippen molar-refractivity contribution in [2.45, 2.75) is 51.9 Å². The van der Waals surface area contributed by atoms with Gasteiger partial charge in [-0.05, 0) is 19.8 Å². The summed E-state index contributed by atoms with van der Waals surface area (Å²) in [6.07, 6.45) is -1.05. The molecule has 0 heterocycles. The summed E-state index contributed by atoms with van der Waals surface area (Å²) in [6, 6.07) is -3.13. The number of amides is 2. The van der Waals surface area contributed by atoms with Crippen LogP contribution in [0.1, 0.15) is 27.7 Å². The number of nitrogens with one attached hydrogen (secondary N) is 2. The van der Waals surface area contributed by atoms with Crippen LogP contribution in [0.25, 0.3) is 0 Å². The molecular formula is C12H23N3O5. The van der Waals surface area contributed by atoms with Crippen LogP contribution in [-0.4, -0.2) is 52.2 Å². The zero-order valence-electron chi connectivity index (χ0n) is 12.1. The predicted molar refractivity (Wildman–Crippen MR) is 71.7 cm³/mol. The standard InChI is InChI=1S/C12H23N3O5/c1-5(2)9(12(19)20)15-10(17)6(3)14-11(18)8(13)7(4)16/h5-9,16H,13H2,1-4H3,(H,14,18)(H,15,17)(H,19,20). The molecule has 0 aromatic carbocycles. The first-order valence-electron chi connectivity index (χ1n) is 6.35. The fourth-order valence-corrected chi connectivity index (χ4v) is 1.39. The van der Waals surface area contributed by atoms with Gasteiger partial charge < -0.3 is 26.6 Å². The van der Waals surface area contributed by atoms with Crippen LogP contribution < -0.4 is 16.4 Å². The van der Waals surface area contributed by atoms with Gasteiger partial charge in [0.25, 0.3) is 0 Å². The van der Waals surface area contributed by atoms with Gasteiger partial charge in [-0.15, -0.1) is 0 Å². The second-order valence-electron chi connectivity index (χ2n) is 5.07. The Bertz CT molecular complexity index is 370. The summed E-state index contributed by atoms with van der Waals surface area (Å²) < 4.78 is 0. The molecule has 0 aliphatic rings. The van der Waals surface area contributed by atoms with E-state index in [0.717, 1.165) is 0 Å². The summed E-state index contributed by atoms with van der Waals surface area (Å²) in [6.45, 7) is 6.08. The van der Waals surface area contributed by atoms with Gasteiger partial charge in [-0.3, -0.25) is 9.59 Å². The van der Waals surface area contributed by atoms with E-state index in [-0.39, 0.29) is 5.92 Å². The van der Waals surface area contributed by atoms with E-state index in [1.165, 1.54) is 13.8 Å². The molecule has 0 bridgehead atoms. The number of carbonyl (C=O) groups excluding carboxylic acids is 2. The first-order chi connectivity index (χ1) is 9.07. The van der Waals surface area contributed by atoms with Crippen LogP contribution in [0.3, 0.4) is 0 Å². The SMILES string of the molecule is CC(NC(=O)C(N)C(C)O)C(=O)NC(C(=O)O)C(C)C. The Labute approximate surface area is 117 Å². The number of rotatable bonds is 7. The van der Waals surface area contributed by atoms with Gasteiger partial charge in [0.15, 0.2) is 0 Å². The van der Waals surface area contributed by atoms with Gasteiger partial charge >= 0.3 is 5.97 Å². The summed E-state index contributed by atoms with van der Waals surface area (Å²) in [5.41, 5.74) is 5.42. The minimum Gasteiger partial charge on any atom is -0.480 e. The lowest BCUT2D eigenvalue weighted by Gasteiger charge is -2.22. The maximum atomic E-state index is 11.8. The van der Waals surface area contributed by atoms with Crippen molar-refractivity contribution in [1.82, 2.24) is 10.6 Å². The predicted octanol–water partition coefficient (Wildman–Crippen LogP) is -1.58. The molecule has 0 aromatic heterocycles. The number of carboxylic acid groups (broad SMARTS) is 1.